The summed E-state index contributed by atoms with van der Waals surface area (Å²) in [5, 5.41) is 11.8. The van der Waals surface area contributed by atoms with E-state index < -0.39 is 24.2 Å². The van der Waals surface area contributed by atoms with Crippen LogP contribution in [0.5, 0.6) is 0 Å². The van der Waals surface area contributed by atoms with E-state index in [1.807, 2.05) is 13.8 Å². The molecule has 7 nitrogen and oxygen atoms in total. The van der Waals surface area contributed by atoms with Gasteiger partial charge in [0, 0.05) is 11.8 Å². The van der Waals surface area contributed by atoms with Crippen LogP contribution >= 0.6 is 11.8 Å². The van der Waals surface area contributed by atoms with Gasteiger partial charge in [-0.15, -0.1) is 11.8 Å². The van der Waals surface area contributed by atoms with E-state index in [4.69, 9.17) is 9.84 Å². The van der Waals surface area contributed by atoms with Crippen LogP contribution in [0.2, 0.25) is 0 Å². The molecule has 2 fully saturated rings. The standard InChI is InChI=1S/C14H22N2O5S/c1-3-8(2)15-12(17)9-6-22-7-16(9)13(18)10-4-5-11(21-10)14(19)20/h8-11H,3-7H2,1-2H3,(H,15,17)(H,19,20)/t8?,9?,10-,11+/m0/s1. The van der Waals surface area contributed by atoms with E-state index in [1.165, 1.54) is 16.7 Å². The van der Waals surface area contributed by atoms with E-state index in [1.54, 1.807) is 0 Å². The Morgan fingerprint density at radius 3 is 2.64 bits per heavy atom. The smallest absolute Gasteiger partial charge is 0.332 e. The molecule has 0 aliphatic carbocycles. The molecule has 2 amide bonds. The molecule has 2 aliphatic heterocycles. The second-order valence-electron chi connectivity index (χ2n) is 5.67. The van der Waals surface area contributed by atoms with E-state index in [-0.39, 0.29) is 17.9 Å². The second-order valence-corrected chi connectivity index (χ2v) is 6.67. The largest absolute Gasteiger partial charge is 0.479 e. The molecule has 2 saturated heterocycles. The highest BCUT2D eigenvalue weighted by Gasteiger charge is 2.42. The van der Waals surface area contributed by atoms with Gasteiger partial charge < -0.3 is 20.1 Å². The lowest BCUT2D eigenvalue weighted by atomic mass is 10.1. The number of amides is 2. The van der Waals surface area contributed by atoms with Gasteiger partial charge in [-0.25, -0.2) is 4.79 Å². The first-order chi connectivity index (χ1) is 10.4. The lowest BCUT2D eigenvalue weighted by Gasteiger charge is -2.26. The first-order valence-electron chi connectivity index (χ1n) is 7.50. The molecule has 124 valence electrons. The third-order valence-corrected chi connectivity index (χ3v) is 5.05. The molecule has 0 aromatic rings. The van der Waals surface area contributed by atoms with Gasteiger partial charge in [0.05, 0.1) is 5.88 Å². The fourth-order valence-electron chi connectivity index (χ4n) is 2.50. The minimum atomic E-state index is -1.04. The van der Waals surface area contributed by atoms with Crippen molar-refractivity contribution in [3.05, 3.63) is 0 Å². The number of nitrogens with one attached hydrogen (secondary N) is 1. The van der Waals surface area contributed by atoms with Crippen LogP contribution in [0.15, 0.2) is 0 Å². The van der Waals surface area contributed by atoms with Crippen molar-refractivity contribution in [1.29, 1.82) is 0 Å². The van der Waals surface area contributed by atoms with Crippen molar-refractivity contribution < 1.29 is 24.2 Å². The summed E-state index contributed by atoms with van der Waals surface area (Å²) in [6, 6.07) is -0.437. The van der Waals surface area contributed by atoms with Gasteiger partial charge in [0.1, 0.15) is 12.1 Å². The first kappa shape index (κ1) is 17.1. The summed E-state index contributed by atoms with van der Waals surface area (Å²) in [6.07, 6.45) is -0.131. The zero-order valence-electron chi connectivity index (χ0n) is 12.8. The number of carboxylic acid groups (broad SMARTS) is 1. The van der Waals surface area contributed by atoms with Crippen molar-refractivity contribution in [2.75, 3.05) is 11.6 Å². The lowest BCUT2D eigenvalue weighted by Crippen LogP contribution is -2.51. The van der Waals surface area contributed by atoms with Crippen LogP contribution in [0.3, 0.4) is 0 Å². The summed E-state index contributed by atoms with van der Waals surface area (Å²) in [7, 11) is 0. The van der Waals surface area contributed by atoms with Crippen molar-refractivity contribution in [3.63, 3.8) is 0 Å². The Hall–Kier alpha value is -1.28. The maximum absolute atomic E-state index is 12.5. The fraction of sp³-hybridized carbons (Fsp3) is 0.786. The van der Waals surface area contributed by atoms with Crippen LogP contribution in [-0.2, 0) is 19.1 Å². The van der Waals surface area contributed by atoms with Gasteiger partial charge in [-0.3, -0.25) is 9.59 Å². The number of hydrogen-bond donors (Lipinski definition) is 2. The number of nitrogens with zero attached hydrogens (tertiary/aromatic N) is 1. The van der Waals surface area contributed by atoms with E-state index in [9.17, 15) is 14.4 Å². The molecule has 2 rings (SSSR count). The Balaban J connectivity index is 1.97. The lowest BCUT2D eigenvalue weighted by molar-refractivity contribution is -0.156. The zero-order valence-corrected chi connectivity index (χ0v) is 13.6. The van der Waals surface area contributed by atoms with Gasteiger partial charge in [0.25, 0.3) is 5.91 Å². The molecule has 0 aromatic carbocycles. The van der Waals surface area contributed by atoms with Gasteiger partial charge >= 0.3 is 5.97 Å². The van der Waals surface area contributed by atoms with Crippen LogP contribution in [0.25, 0.3) is 0 Å². The Labute approximate surface area is 133 Å². The molecule has 4 atom stereocenters. The van der Waals surface area contributed by atoms with Gasteiger partial charge in [-0.1, -0.05) is 6.92 Å². The number of carbonyl (C=O) groups is 3. The third-order valence-electron chi connectivity index (χ3n) is 4.04. The number of thioether (sulfide) groups is 1. The number of hydrogen-bond acceptors (Lipinski definition) is 5. The Morgan fingerprint density at radius 2 is 2.05 bits per heavy atom. The third kappa shape index (κ3) is 3.73. The number of aliphatic carboxylic acids is 1. The van der Waals surface area contributed by atoms with E-state index in [0.717, 1.165) is 6.42 Å². The zero-order chi connectivity index (χ0) is 16.3. The molecule has 8 heteroatoms. The molecule has 0 bridgehead atoms. The molecule has 2 aliphatic rings. The van der Waals surface area contributed by atoms with Crippen LogP contribution < -0.4 is 5.32 Å². The van der Waals surface area contributed by atoms with Crippen LogP contribution in [0.4, 0.5) is 0 Å². The van der Waals surface area contributed by atoms with Crippen molar-refractivity contribution in [2.45, 2.75) is 57.4 Å². The molecular formula is C14H22N2O5S. The fourth-order valence-corrected chi connectivity index (χ4v) is 3.67. The Morgan fingerprint density at radius 1 is 1.36 bits per heavy atom. The van der Waals surface area contributed by atoms with Crippen molar-refractivity contribution in [3.8, 4) is 0 Å². The number of carboxylic acids is 1. The van der Waals surface area contributed by atoms with Crippen LogP contribution in [0, 0.1) is 0 Å². The summed E-state index contributed by atoms with van der Waals surface area (Å²) in [4.78, 5) is 37.2. The predicted octanol–water partition coefficient (Wildman–Crippen LogP) is 0.435. The average Bonchev–Trinajstić information content (AvgIpc) is 3.15. The van der Waals surface area contributed by atoms with Gasteiger partial charge in [0.2, 0.25) is 5.91 Å². The molecule has 2 N–H and O–H groups in total. The molecule has 0 saturated carbocycles. The molecule has 0 aromatic heterocycles. The number of ether oxygens (including phenoxy) is 1. The predicted molar refractivity (Wildman–Crippen MR) is 81.4 cm³/mol. The number of rotatable bonds is 5. The normalized spacial score (nSPS) is 29.4. The highest BCUT2D eigenvalue weighted by molar-refractivity contribution is 7.99. The van der Waals surface area contributed by atoms with E-state index in [0.29, 0.717) is 24.5 Å². The molecule has 0 radical (unpaired) electrons. The summed E-state index contributed by atoms with van der Waals surface area (Å²) in [6.45, 7) is 3.90. The monoisotopic (exact) mass is 330 g/mol. The van der Waals surface area contributed by atoms with Crippen LogP contribution in [-0.4, -0.2) is 63.7 Å². The van der Waals surface area contributed by atoms with Gasteiger partial charge in [-0.2, -0.15) is 0 Å². The molecule has 22 heavy (non-hydrogen) atoms. The second kappa shape index (κ2) is 7.32. The maximum Gasteiger partial charge on any atom is 0.332 e. The summed E-state index contributed by atoms with van der Waals surface area (Å²) in [5.41, 5.74) is 0. The van der Waals surface area contributed by atoms with Crippen molar-refractivity contribution in [1.82, 2.24) is 10.2 Å². The topological polar surface area (TPSA) is 95.9 Å². The SMILES string of the molecule is CCC(C)NC(=O)C1CSCN1C(=O)[C@@H]1CC[C@H](C(=O)O)O1. The highest BCUT2D eigenvalue weighted by Crippen LogP contribution is 2.27. The summed E-state index contributed by atoms with van der Waals surface area (Å²) < 4.78 is 5.30. The molecular weight excluding hydrogens is 308 g/mol. The summed E-state index contributed by atoms with van der Waals surface area (Å²) in [5.74, 6) is -0.478. The maximum atomic E-state index is 12.5. The Bertz CT molecular complexity index is 459. The quantitative estimate of drug-likeness (QED) is 0.759. The molecule has 0 spiro atoms. The average molecular weight is 330 g/mol. The number of carbonyl (C=O) groups excluding carboxylic acids is 2. The van der Waals surface area contributed by atoms with Crippen molar-refractivity contribution in [2.24, 2.45) is 0 Å². The van der Waals surface area contributed by atoms with Crippen LogP contribution in [0.1, 0.15) is 33.1 Å². The minimum Gasteiger partial charge on any atom is -0.479 e. The summed E-state index contributed by atoms with van der Waals surface area (Å²) >= 11 is 1.52. The first-order valence-corrected chi connectivity index (χ1v) is 8.66. The van der Waals surface area contributed by atoms with Crippen molar-refractivity contribution >= 4 is 29.5 Å². The molecule has 2 unspecified atom stereocenters. The van der Waals surface area contributed by atoms with Gasteiger partial charge in [0.15, 0.2) is 6.10 Å². The van der Waals surface area contributed by atoms with Gasteiger partial charge in [-0.05, 0) is 26.2 Å². The minimum absolute atomic E-state index is 0.0640. The highest BCUT2D eigenvalue weighted by atomic mass is 32.2. The van der Waals surface area contributed by atoms with E-state index >= 15 is 0 Å². The van der Waals surface area contributed by atoms with E-state index in [2.05, 4.69) is 5.32 Å². The Kier molecular flexibility index (Phi) is 5.69. The molecule has 2 heterocycles.